The molecule has 0 atom stereocenters. The van der Waals surface area contributed by atoms with Gasteiger partial charge in [-0.05, 0) is 78.3 Å². The van der Waals surface area contributed by atoms with Crippen molar-refractivity contribution in [3.63, 3.8) is 0 Å². The van der Waals surface area contributed by atoms with Crippen LogP contribution < -0.4 is 4.90 Å². The molecule has 0 N–H and O–H groups in total. The van der Waals surface area contributed by atoms with Gasteiger partial charge in [0.1, 0.15) is 0 Å². The Balaban J connectivity index is 1.55. The Labute approximate surface area is 244 Å². The number of anilines is 3. The highest BCUT2D eigenvalue weighted by Gasteiger charge is 2.42. The van der Waals surface area contributed by atoms with Crippen molar-refractivity contribution in [2.75, 3.05) is 4.90 Å². The first-order chi connectivity index (χ1) is 19.3. The van der Waals surface area contributed by atoms with Gasteiger partial charge in [-0.15, -0.1) is 0 Å². The molecular weight excluding hydrogens is 550 g/mol. The van der Waals surface area contributed by atoms with E-state index < -0.39 is 0 Å². The van der Waals surface area contributed by atoms with Gasteiger partial charge in [-0.25, -0.2) is 0 Å². The summed E-state index contributed by atoms with van der Waals surface area (Å²) in [5.74, 6) is 0. The zero-order chi connectivity index (χ0) is 27.4. The van der Waals surface area contributed by atoms with E-state index in [1.165, 1.54) is 72.0 Å². The second kappa shape index (κ2) is 8.08. The van der Waals surface area contributed by atoms with Gasteiger partial charge in [-0.3, -0.25) is 0 Å². The summed E-state index contributed by atoms with van der Waals surface area (Å²) in [7, 11) is 0. The molecular formula is C38H30BrN. The maximum atomic E-state index is 3.98. The van der Waals surface area contributed by atoms with Crippen molar-refractivity contribution in [1.29, 1.82) is 0 Å². The Hall–Kier alpha value is -3.88. The lowest BCUT2D eigenvalue weighted by molar-refractivity contribution is 0.627. The first-order valence-corrected chi connectivity index (χ1v) is 14.9. The van der Waals surface area contributed by atoms with E-state index in [2.05, 4.69) is 158 Å². The van der Waals surface area contributed by atoms with Crippen LogP contribution in [0.25, 0.3) is 32.7 Å². The maximum absolute atomic E-state index is 3.98. The summed E-state index contributed by atoms with van der Waals surface area (Å²) in [6.45, 7) is 9.53. The van der Waals surface area contributed by atoms with Crippen LogP contribution >= 0.6 is 15.9 Å². The molecule has 0 spiro atoms. The van der Waals surface area contributed by atoms with Crippen LogP contribution in [0.2, 0.25) is 0 Å². The Morgan fingerprint density at radius 1 is 0.475 bits per heavy atom. The predicted molar refractivity (Wildman–Crippen MR) is 174 cm³/mol. The van der Waals surface area contributed by atoms with Gasteiger partial charge in [-0.1, -0.05) is 119 Å². The summed E-state index contributed by atoms with van der Waals surface area (Å²) in [6.07, 6.45) is 0. The van der Waals surface area contributed by atoms with Gasteiger partial charge in [0.15, 0.2) is 0 Å². The van der Waals surface area contributed by atoms with E-state index >= 15 is 0 Å². The first kappa shape index (κ1) is 24.0. The zero-order valence-electron chi connectivity index (χ0n) is 23.2. The quantitative estimate of drug-likeness (QED) is 0.175. The van der Waals surface area contributed by atoms with Crippen LogP contribution in [0.15, 0.2) is 114 Å². The fraction of sp³-hybridized carbons (Fsp3) is 0.158. The standard InChI is InChI=1S/C38H30BrN/c1-37(2)29-18-10-9-13-23(29)28-21-32-34(22-31(28)37)40(33-20-12-11-19-30(33)38(32,3)4)36-26-16-7-5-14-24(26)35(39)25-15-6-8-17-27(25)36/h5-22H,1-4H3. The van der Waals surface area contributed by atoms with Crippen molar-refractivity contribution in [3.8, 4) is 11.1 Å². The second-order valence-corrected chi connectivity index (χ2v) is 13.1. The Bertz CT molecular complexity index is 1970. The van der Waals surface area contributed by atoms with E-state index in [-0.39, 0.29) is 10.8 Å². The van der Waals surface area contributed by atoms with Gasteiger partial charge in [-0.2, -0.15) is 0 Å². The van der Waals surface area contributed by atoms with Crippen LogP contribution in [-0.2, 0) is 10.8 Å². The number of halogens is 1. The van der Waals surface area contributed by atoms with E-state index in [9.17, 15) is 0 Å². The summed E-state index contributed by atoms with van der Waals surface area (Å²) in [5.41, 5.74) is 11.8. The van der Waals surface area contributed by atoms with E-state index in [0.717, 1.165) is 4.47 Å². The van der Waals surface area contributed by atoms with Crippen molar-refractivity contribution in [1.82, 2.24) is 0 Å². The van der Waals surface area contributed by atoms with E-state index in [1.54, 1.807) is 0 Å². The molecule has 2 aliphatic rings. The molecule has 0 fully saturated rings. The first-order valence-electron chi connectivity index (χ1n) is 14.1. The molecule has 1 heterocycles. The minimum absolute atomic E-state index is 0.0718. The monoisotopic (exact) mass is 579 g/mol. The van der Waals surface area contributed by atoms with Crippen molar-refractivity contribution < 1.29 is 0 Å². The van der Waals surface area contributed by atoms with Crippen LogP contribution in [0, 0.1) is 0 Å². The van der Waals surface area contributed by atoms with Crippen molar-refractivity contribution in [3.05, 3.63) is 136 Å². The highest BCUT2D eigenvalue weighted by atomic mass is 79.9. The fourth-order valence-corrected chi connectivity index (χ4v) is 8.12. The summed E-state index contributed by atoms with van der Waals surface area (Å²) >= 11 is 3.98. The highest BCUT2D eigenvalue weighted by Crippen LogP contribution is 2.59. The van der Waals surface area contributed by atoms with Gasteiger partial charge in [0, 0.05) is 26.1 Å². The highest BCUT2D eigenvalue weighted by molar-refractivity contribution is 9.10. The van der Waals surface area contributed by atoms with Crippen molar-refractivity contribution in [2.45, 2.75) is 38.5 Å². The summed E-state index contributed by atoms with van der Waals surface area (Å²) in [5, 5.41) is 4.95. The van der Waals surface area contributed by atoms with Crippen molar-refractivity contribution >= 4 is 54.5 Å². The molecule has 0 aromatic heterocycles. The Kier molecular flexibility index (Phi) is 4.84. The third-order valence-corrected chi connectivity index (χ3v) is 10.3. The third-order valence-electron chi connectivity index (χ3n) is 9.49. The van der Waals surface area contributed by atoms with Gasteiger partial charge >= 0.3 is 0 Å². The molecule has 0 saturated carbocycles. The molecule has 1 aliphatic carbocycles. The largest absolute Gasteiger partial charge is 0.309 e. The van der Waals surface area contributed by atoms with Gasteiger partial charge in [0.25, 0.3) is 0 Å². The molecule has 40 heavy (non-hydrogen) atoms. The molecule has 0 amide bonds. The number of nitrogens with zero attached hydrogens (tertiary/aromatic N) is 1. The topological polar surface area (TPSA) is 3.24 Å². The molecule has 1 nitrogen and oxygen atoms in total. The van der Waals surface area contributed by atoms with Crippen LogP contribution in [0.3, 0.4) is 0 Å². The molecule has 0 unspecified atom stereocenters. The normalized spacial score (nSPS) is 16.0. The molecule has 0 saturated heterocycles. The zero-order valence-corrected chi connectivity index (χ0v) is 24.8. The van der Waals surface area contributed by atoms with Crippen LogP contribution in [0.1, 0.15) is 49.9 Å². The summed E-state index contributed by atoms with van der Waals surface area (Å²) in [6, 6.07) is 40.6. The van der Waals surface area contributed by atoms with Gasteiger partial charge in [0.05, 0.1) is 17.1 Å². The maximum Gasteiger partial charge on any atom is 0.0619 e. The third kappa shape index (κ3) is 2.98. The molecule has 0 bridgehead atoms. The van der Waals surface area contributed by atoms with Gasteiger partial charge < -0.3 is 4.90 Å². The molecule has 0 radical (unpaired) electrons. The number of rotatable bonds is 1. The average molecular weight is 581 g/mol. The van der Waals surface area contributed by atoms with Crippen LogP contribution in [0.4, 0.5) is 17.1 Å². The number of hydrogen-bond acceptors (Lipinski definition) is 1. The number of hydrogen-bond donors (Lipinski definition) is 0. The molecule has 6 aromatic rings. The Morgan fingerprint density at radius 2 is 1.00 bits per heavy atom. The second-order valence-electron chi connectivity index (χ2n) is 12.3. The van der Waals surface area contributed by atoms with E-state index in [1.807, 2.05) is 0 Å². The van der Waals surface area contributed by atoms with Crippen molar-refractivity contribution in [2.24, 2.45) is 0 Å². The predicted octanol–water partition coefficient (Wildman–Crippen LogP) is 11.2. The lowest BCUT2D eigenvalue weighted by Gasteiger charge is -2.43. The van der Waals surface area contributed by atoms with Gasteiger partial charge in [0.2, 0.25) is 0 Å². The average Bonchev–Trinajstić information content (AvgIpc) is 3.20. The van der Waals surface area contributed by atoms with E-state index in [0.29, 0.717) is 0 Å². The lowest BCUT2D eigenvalue weighted by Crippen LogP contribution is -2.31. The lowest BCUT2D eigenvalue weighted by atomic mass is 9.71. The number of para-hydroxylation sites is 1. The molecule has 1 aliphatic heterocycles. The molecule has 8 rings (SSSR count). The molecule has 194 valence electrons. The Morgan fingerprint density at radius 3 is 1.68 bits per heavy atom. The van der Waals surface area contributed by atoms with Crippen LogP contribution in [0.5, 0.6) is 0 Å². The van der Waals surface area contributed by atoms with E-state index in [4.69, 9.17) is 0 Å². The fourth-order valence-electron chi connectivity index (χ4n) is 7.43. The minimum Gasteiger partial charge on any atom is -0.309 e. The minimum atomic E-state index is -0.153. The summed E-state index contributed by atoms with van der Waals surface area (Å²) in [4.78, 5) is 2.56. The number of fused-ring (bicyclic) bond motifs is 7. The molecule has 6 aromatic carbocycles. The summed E-state index contributed by atoms with van der Waals surface area (Å²) < 4.78 is 1.15. The smallest absolute Gasteiger partial charge is 0.0619 e. The molecule has 2 heteroatoms. The van der Waals surface area contributed by atoms with Crippen LogP contribution in [-0.4, -0.2) is 0 Å². The SMILES string of the molecule is CC1(C)c2ccccc2-c2cc3c(cc21)N(c1c2ccccc2c(Br)c2ccccc12)c1ccccc1C3(C)C. The number of benzene rings is 6.